The van der Waals surface area contributed by atoms with Gasteiger partial charge in [-0.1, -0.05) is 12.1 Å². The molecule has 1 aromatic carbocycles. The Hall–Kier alpha value is -2.43. The van der Waals surface area contributed by atoms with Gasteiger partial charge in [0.1, 0.15) is 5.82 Å². The Balaban J connectivity index is 2.16. The van der Waals surface area contributed by atoms with Gasteiger partial charge in [-0.15, -0.1) is 0 Å². The molecule has 1 atom stereocenters. The van der Waals surface area contributed by atoms with Crippen molar-refractivity contribution in [2.45, 2.75) is 13.0 Å². The highest BCUT2D eigenvalue weighted by atomic mass is 19.1. The largest absolute Gasteiger partial charge is 0.396 e. The van der Waals surface area contributed by atoms with Gasteiger partial charge in [0.15, 0.2) is 0 Å². The second-order valence-electron chi connectivity index (χ2n) is 4.15. The number of rotatable bonds is 3. The van der Waals surface area contributed by atoms with E-state index in [0.717, 1.165) is 5.69 Å². The smallest absolute Gasteiger partial charge is 0.254 e. The van der Waals surface area contributed by atoms with Crippen LogP contribution < -0.4 is 11.1 Å². The molecule has 1 heterocycles. The Bertz CT molecular complexity index is 586. The fourth-order valence-corrected chi connectivity index (χ4v) is 1.72. The van der Waals surface area contributed by atoms with Gasteiger partial charge in [0.2, 0.25) is 0 Å². The first-order valence-corrected chi connectivity index (χ1v) is 5.85. The zero-order valence-electron chi connectivity index (χ0n) is 10.4. The average molecular weight is 259 g/mol. The summed E-state index contributed by atoms with van der Waals surface area (Å²) in [5.74, 6) is -1.02. The Morgan fingerprint density at radius 2 is 2.11 bits per heavy atom. The van der Waals surface area contributed by atoms with Crippen LogP contribution in [0.25, 0.3) is 0 Å². The van der Waals surface area contributed by atoms with Gasteiger partial charge >= 0.3 is 0 Å². The van der Waals surface area contributed by atoms with Gasteiger partial charge in [0, 0.05) is 6.20 Å². The number of amides is 1. The lowest BCUT2D eigenvalue weighted by Gasteiger charge is -2.14. The summed E-state index contributed by atoms with van der Waals surface area (Å²) in [4.78, 5) is 16.2. The van der Waals surface area contributed by atoms with Crippen molar-refractivity contribution in [2.24, 2.45) is 0 Å². The molecule has 0 bridgehead atoms. The molecule has 0 aliphatic carbocycles. The Labute approximate surface area is 110 Å². The molecule has 5 heteroatoms. The third kappa shape index (κ3) is 2.88. The zero-order valence-corrected chi connectivity index (χ0v) is 10.4. The molecule has 0 aliphatic rings. The Morgan fingerprint density at radius 3 is 2.79 bits per heavy atom. The molecule has 0 aliphatic heterocycles. The van der Waals surface area contributed by atoms with Crippen molar-refractivity contribution < 1.29 is 9.18 Å². The van der Waals surface area contributed by atoms with Crippen molar-refractivity contribution in [1.29, 1.82) is 0 Å². The molecule has 0 unspecified atom stereocenters. The van der Waals surface area contributed by atoms with E-state index in [4.69, 9.17) is 5.73 Å². The first-order valence-electron chi connectivity index (χ1n) is 5.85. The number of nitrogen functional groups attached to an aromatic ring is 1. The zero-order chi connectivity index (χ0) is 13.8. The molecule has 1 aromatic heterocycles. The van der Waals surface area contributed by atoms with Gasteiger partial charge in [-0.05, 0) is 31.2 Å². The van der Waals surface area contributed by atoms with E-state index in [1.165, 1.54) is 18.2 Å². The number of hydrogen-bond acceptors (Lipinski definition) is 3. The molecule has 0 saturated heterocycles. The van der Waals surface area contributed by atoms with Crippen LogP contribution >= 0.6 is 0 Å². The molecule has 0 fully saturated rings. The molecule has 0 radical (unpaired) electrons. The molecule has 3 N–H and O–H groups in total. The van der Waals surface area contributed by atoms with Crippen LogP contribution in [0.2, 0.25) is 0 Å². The number of benzene rings is 1. The lowest BCUT2D eigenvalue weighted by Crippen LogP contribution is -2.28. The summed E-state index contributed by atoms with van der Waals surface area (Å²) in [5, 5.41) is 2.73. The molecule has 2 rings (SSSR count). The number of carbonyl (C=O) groups is 1. The molecule has 1 amide bonds. The number of halogens is 1. The number of hydrogen-bond donors (Lipinski definition) is 2. The normalized spacial score (nSPS) is 11.9. The fourth-order valence-electron chi connectivity index (χ4n) is 1.72. The van der Waals surface area contributed by atoms with Crippen LogP contribution in [0.15, 0.2) is 42.6 Å². The number of nitrogens with two attached hydrogens (primary N) is 1. The number of aromatic nitrogens is 1. The number of pyridine rings is 1. The minimum atomic E-state index is -0.599. The number of nitrogens with one attached hydrogen (secondary N) is 1. The van der Waals surface area contributed by atoms with E-state index in [-0.39, 0.29) is 17.3 Å². The molecule has 0 saturated carbocycles. The minimum absolute atomic E-state index is 0.128. The highest BCUT2D eigenvalue weighted by molar-refractivity contribution is 5.99. The fraction of sp³-hybridized carbons (Fsp3) is 0.143. The van der Waals surface area contributed by atoms with Crippen LogP contribution in [-0.4, -0.2) is 10.9 Å². The molecular formula is C14H14FN3O. The molecule has 2 aromatic rings. The maximum atomic E-state index is 13.3. The van der Waals surface area contributed by atoms with E-state index in [9.17, 15) is 9.18 Å². The predicted molar refractivity (Wildman–Crippen MR) is 70.9 cm³/mol. The maximum absolute atomic E-state index is 13.3. The standard InChI is InChI=1S/C14H14FN3O/c1-9(12-7-2-3-8-17-12)18-14(19)10-5-4-6-11(15)13(10)16/h2-9H,16H2,1H3,(H,18,19)/t9-/m0/s1. The second kappa shape index (κ2) is 5.48. The lowest BCUT2D eigenvalue weighted by molar-refractivity contribution is 0.0939. The maximum Gasteiger partial charge on any atom is 0.254 e. The van der Waals surface area contributed by atoms with E-state index in [0.29, 0.717) is 0 Å². The Kier molecular flexibility index (Phi) is 3.75. The van der Waals surface area contributed by atoms with E-state index < -0.39 is 11.7 Å². The number of anilines is 1. The van der Waals surface area contributed by atoms with Crippen LogP contribution in [-0.2, 0) is 0 Å². The first-order chi connectivity index (χ1) is 9.09. The molecular weight excluding hydrogens is 245 g/mol. The van der Waals surface area contributed by atoms with Crippen molar-refractivity contribution in [1.82, 2.24) is 10.3 Å². The van der Waals surface area contributed by atoms with Crippen molar-refractivity contribution in [3.63, 3.8) is 0 Å². The quantitative estimate of drug-likeness (QED) is 0.831. The van der Waals surface area contributed by atoms with Gasteiger partial charge in [-0.25, -0.2) is 4.39 Å². The van der Waals surface area contributed by atoms with E-state index in [2.05, 4.69) is 10.3 Å². The molecule has 98 valence electrons. The van der Waals surface area contributed by atoms with Gasteiger partial charge in [-0.3, -0.25) is 9.78 Å². The van der Waals surface area contributed by atoms with Crippen molar-refractivity contribution in [2.75, 3.05) is 5.73 Å². The number of carbonyl (C=O) groups excluding carboxylic acids is 1. The van der Waals surface area contributed by atoms with Crippen molar-refractivity contribution in [3.8, 4) is 0 Å². The highest BCUT2D eigenvalue weighted by Crippen LogP contribution is 2.17. The van der Waals surface area contributed by atoms with E-state index in [1.54, 1.807) is 25.3 Å². The van der Waals surface area contributed by atoms with Crippen molar-refractivity contribution >= 4 is 11.6 Å². The lowest BCUT2D eigenvalue weighted by atomic mass is 10.1. The third-order valence-corrected chi connectivity index (χ3v) is 2.78. The minimum Gasteiger partial charge on any atom is -0.396 e. The van der Waals surface area contributed by atoms with E-state index in [1.807, 2.05) is 6.07 Å². The topological polar surface area (TPSA) is 68.0 Å². The molecule has 0 spiro atoms. The predicted octanol–water partition coefficient (Wildman–Crippen LogP) is 2.29. The highest BCUT2D eigenvalue weighted by Gasteiger charge is 2.15. The van der Waals surface area contributed by atoms with Crippen LogP contribution in [0.1, 0.15) is 29.0 Å². The van der Waals surface area contributed by atoms with E-state index >= 15 is 0 Å². The number of nitrogens with zero attached hydrogens (tertiary/aromatic N) is 1. The van der Waals surface area contributed by atoms with Gasteiger partial charge in [-0.2, -0.15) is 0 Å². The molecule has 19 heavy (non-hydrogen) atoms. The number of para-hydroxylation sites is 1. The third-order valence-electron chi connectivity index (χ3n) is 2.78. The van der Waals surface area contributed by atoms with Gasteiger partial charge in [0.05, 0.1) is 23.0 Å². The summed E-state index contributed by atoms with van der Waals surface area (Å²) in [5.41, 5.74) is 6.26. The van der Waals surface area contributed by atoms with Gasteiger partial charge in [0.25, 0.3) is 5.91 Å². The van der Waals surface area contributed by atoms with Crippen LogP contribution in [0.3, 0.4) is 0 Å². The van der Waals surface area contributed by atoms with Crippen LogP contribution in [0.4, 0.5) is 10.1 Å². The summed E-state index contributed by atoms with van der Waals surface area (Å²) in [6.45, 7) is 1.80. The average Bonchev–Trinajstić information content (AvgIpc) is 2.42. The summed E-state index contributed by atoms with van der Waals surface area (Å²) in [7, 11) is 0. The second-order valence-corrected chi connectivity index (χ2v) is 4.15. The van der Waals surface area contributed by atoms with Crippen LogP contribution in [0, 0.1) is 5.82 Å². The SMILES string of the molecule is C[C@H](NC(=O)c1cccc(F)c1N)c1ccccn1. The van der Waals surface area contributed by atoms with Crippen LogP contribution in [0.5, 0.6) is 0 Å². The molecule has 4 nitrogen and oxygen atoms in total. The summed E-state index contributed by atoms with van der Waals surface area (Å²) >= 11 is 0. The Morgan fingerprint density at radius 1 is 1.32 bits per heavy atom. The van der Waals surface area contributed by atoms with Crippen molar-refractivity contribution in [3.05, 3.63) is 59.7 Å². The van der Waals surface area contributed by atoms with Gasteiger partial charge < -0.3 is 11.1 Å². The first kappa shape index (κ1) is 13.0. The monoisotopic (exact) mass is 259 g/mol. The summed E-state index contributed by atoms with van der Waals surface area (Å²) in [6.07, 6.45) is 1.65. The summed E-state index contributed by atoms with van der Waals surface area (Å²) in [6, 6.07) is 9.31. The summed E-state index contributed by atoms with van der Waals surface area (Å²) < 4.78 is 13.3.